The fraction of sp³-hybridized carbons (Fsp3) is 0.480. The topological polar surface area (TPSA) is 122 Å². The van der Waals surface area contributed by atoms with Crippen LogP contribution in [-0.4, -0.2) is 78.0 Å². The Morgan fingerprint density at radius 3 is 2.63 bits per heavy atom. The van der Waals surface area contributed by atoms with Crippen LogP contribution in [-0.2, 0) is 19.1 Å². The highest BCUT2D eigenvalue weighted by molar-refractivity contribution is 6.24. The van der Waals surface area contributed by atoms with Gasteiger partial charge >= 0.3 is 6.09 Å². The number of ether oxygens (including phenoxy) is 2. The van der Waals surface area contributed by atoms with Gasteiger partial charge in [0.2, 0.25) is 11.8 Å². The number of imide groups is 2. The van der Waals surface area contributed by atoms with Crippen molar-refractivity contribution in [2.75, 3.05) is 26.8 Å². The molecule has 0 aromatic heterocycles. The van der Waals surface area contributed by atoms with Gasteiger partial charge in [-0.05, 0) is 45.7 Å². The van der Waals surface area contributed by atoms with Crippen molar-refractivity contribution in [2.45, 2.75) is 51.7 Å². The third-order valence-electron chi connectivity index (χ3n) is 5.35. The van der Waals surface area contributed by atoms with Gasteiger partial charge in [-0.1, -0.05) is 17.9 Å². The molecule has 1 unspecified atom stereocenters. The number of benzene rings is 1. The van der Waals surface area contributed by atoms with Crippen LogP contribution in [0.4, 0.5) is 4.79 Å². The van der Waals surface area contributed by atoms with E-state index in [9.17, 15) is 24.0 Å². The summed E-state index contributed by atoms with van der Waals surface area (Å²) in [5.74, 6) is 3.44. The molecule has 0 spiro atoms. The minimum atomic E-state index is -1.02. The summed E-state index contributed by atoms with van der Waals surface area (Å²) < 4.78 is 10.8. The molecule has 3 rings (SSSR count). The van der Waals surface area contributed by atoms with Crippen LogP contribution in [0.15, 0.2) is 18.2 Å². The largest absolute Gasteiger partial charge is 0.444 e. The van der Waals surface area contributed by atoms with E-state index in [0.717, 1.165) is 4.90 Å². The fourth-order valence-electron chi connectivity index (χ4n) is 3.71. The molecule has 2 heterocycles. The van der Waals surface area contributed by atoms with E-state index in [1.807, 2.05) is 0 Å². The van der Waals surface area contributed by atoms with E-state index < -0.39 is 41.4 Å². The second-order valence-electron chi connectivity index (χ2n) is 9.29. The van der Waals surface area contributed by atoms with E-state index in [2.05, 4.69) is 17.2 Å². The van der Waals surface area contributed by atoms with Gasteiger partial charge in [0.25, 0.3) is 11.8 Å². The van der Waals surface area contributed by atoms with Gasteiger partial charge in [0, 0.05) is 32.2 Å². The minimum Gasteiger partial charge on any atom is -0.444 e. The van der Waals surface area contributed by atoms with Crippen molar-refractivity contribution in [3.05, 3.63) is 34.9 Å². The molecule has 10 nitrogen and oxygen atoms in total. The summed E-state index contributed by atoms with van der Waals surface area (Å²) in [7, 11) is 1.65. The zero-order chi connectivity index (χ0) is 25.8. The molecule has 1 atom stereocenters. The number of piperidine rings is 1. The van der Waals surface area contributed by atoms with Crippen LogP contribution in [0, 0.1) is 11.8 Å². The molecule has 0 saturated carbocycles. The zero-order valence-corrected chi connectivity index (χ0v) is 20.3. The van der Waals surface area contributed by atoms with E-state index in [-0.39, 0.29) is 30.6 Å². The quantitative estimate of drug-likeness (QED) is 0.371. The molecule has 2 aliphatic heterocycles. The summed E-state index contributed by atoms with van der Waals surface area (Å²) in [6, 6.07) is 3.74. The van der Waals surface area contributed by atoms with Crippen molar-refractivity contribution in [3.63, 3.8) is 0 Å². The molecule has 2 aliphatic rings. The monoisotopic (exact) mass is 483 g/mol. The second-order valence-corrected chi connectivity index (χ2v) is 9.29. The number of carbonyl (C=O) groups is 5. The Hall–Kier alpha value is -3.71. The fourth-order valence-corrected chi connectivity index (χ4v) is 3.71. The number of hydrogen-bond acceptors (Lipinski definition) is 7. The standard InChI is InChI=1S/C25H29N3O7/c1-25(2,3)35-24(33)27(4)13-7-15-34-14-6-9-16-8-5-10-17-20(16)23(32)28(22(17)31)18-11-12-19(29)26-21(18)30/h5,8,10,18H,7,11-15H2,1-4H3,(H,26,29,30). The van der Waals surface area contributed by atoms with Crippen LogP contribution in [0.5, 0.6) is 0 Å². The molecule has 5 amide bonds. The molecule has 186 valence electrons. The lowest BCUT2D eigenvalue weighted by Gasteiger charge is -2.27. The maximum Gasteiger partial charge on any atom is 0.410 e. The molecule has 10 heteroatoms. The number of carbonyl (C=O) groups excluding carboxylic acids is 5. The minimum absolute atomic E-state index is 0.0569. The first-order valence-corrected chi connectivity index (χ1v) is 11.3. The summed E-state index contributed by atoms with van der Waals surface area (Å²) in [6.45, 7) is 6.34. The van der Waals surface area contributed by atoms with Crippen molar-refractivity contribution < 1.29 is 33.4 Å². The lowest BCUT2D eigenvalue weighted by Crippen LogP contribution is -2.54. The first-order valence-electron chi connectivity index (χ1n) is 11.3. The molecular formula is C25H29N3O7. The van der Waals surface area contributed by atoms with Crippen LogP contribution < -0.4 is 5.32 Å². The average Bonchev–Trinajstić information content (AvgIpc) is 3.02. The van der Waals surface area contributed by atoms with E-state index >= 15 is 0 Å². The van der Waals surface area contributed by atoms with E-state index in [0.29, 0.717) is 25.1 Å². The Morgan fingerprint density at radius 1 is 1.20 bits per heavy atom. The molecule has 1 aromatic carbocycles. The van der Waals surface area contributed by atoms with E-state index in [1.54, 1.807) is 40.0 Å². The first kappa shape index (κ1) is 25.9. The Labute approximate surface area is 203 Å². The summed E-state index contributed by atoms with van der Waals surface area (Å²) in [4.78, 5) is 63.8. The molecule has 35 heavy (non-hydrogen) atoms. The molecular weight excluding hydrogens is 454 g/mol. The van der Waals surface area contributed by atoms with Crippen molar-refractivity contribution >= 4 is 29.7 Å². The van der Waals surface area contributed by atoms with Gasteiger partial charge < -0.3 is 14.4 Å². The third kappa shape index (κ3) is 6.25. The summed E-state index contributed by atoms with van der Waals surface area (Å²) >= 11 is 0. The third-order valence-corrected chi connectivity index (χ3v) is 5.35. The van der Waals surface area contributed by atoms with Crippen LogP contribution in [0.25, 0.3) is 0 Å². The SMILES string of the molecule is CN(CCCOCC#Cc1cccc2c1C(=O)N(C1CCC(=O)NC1=O)C2=O)C(=O)OC(C)(C)C. The van der Waals surface area contributed by atoms with Crippen molar-refractivity contribution in [1.82, 2.24) is 15.1 Å². The molecule has 1 aromatic rings. The van der Waals surface area contributed by atoms with Crippen molar-refractivity contribution in [3.8, 4) is 11.8 Å². The summed E-state index contributed by atoms with van der Waals surface area (Å²) in [5.41, 5.74) is 0.134. The maximum atomic E-state index is 13.0. The lowest BCUT2D eigenvalue weighted by atomic mass is 10.0. The zero-order valence-electron chi connectivity index (χ0n) is 20.3. The summed E-state index contributed by atoms with van der Waals surface area (Å²) in [6.07, 6.45) is 0.336. The smallest absolute Gasteiger partial charge is 0.410 e. The van der Waals surface area contributed by atoms with Gasteiger partial charge in [-0.25, -0.2) is 4.79 Å². The van der Waals surface area contributed by atoms with Gasteiger partial charge in [-0.15, -0.1) is 0 Å². The van der Waals surface area contributed by atoms with E-state index in [4.69, 9.17) is 9.47 Å². The van der Waals surface area contributed by atoms with Gasteiger partial charge in [0.1, 0.15) is 18.2 Å². The normalized spacial score (nSPS) is 17.5. The van der Waals surface area contributed by atoms with Crippen LogP contribution in [0.1, 0.15) is 66.3 Å². The Morgan fingerprint density at radius 2 is 1.94 bits per heavy atom. The van der Waals surface area contributed by atoms with Crippen LogP contribution in [0.3, 0.4) is 0 Å². The van der Waals surface area contributed by atoms with Gasteiger partial charge in [-0.3, -0.25) is 29.4 Å². The lowest BCUT2D eigenvalue weighted by molar-refractivity contribution is -0.136. The van der Waals surface area contributed by atoms with Crippen LogP contribution in [0.2, 0.25) is 0 Å². The molecule has 1 fully saturated rings. The molecule has 0 radical (unpaired) electrons. The Balaban J connectivity index is 1.55. The number of nitrogens with one attached hydrogen (secondary N) is 1. The molecule has 1 N–H and O–H groups in total. The van der Waals surface area contributed by atoms with Crippen molar-refractivity contribution in [2.24, 2.45) is 0 Å². The first-order chi connectivity index (χ1) is 16.5. The molecule has 1 saturated heterocycles. The number of hydrogen-bond donors (Lipinski definition) is 1. The van der Waals surface area contributed by atoms with Crippen molar-refractivity contribution in [1.29, 1.82) is 0 Å². The number of fused-ring (bicyclic) bond motifs is 1. The Bertz CT molecular complexity index is 1110. The molecule has 0 aliphatic carbocycles. The predicted octanol–water partition coefficient (Wildman–Crippen LogP) is 1.71. The number of rotatable bonds is 6. The summed E-state index contributed by atoms with van der Waals surface area (Å²) in [5, 5.41) is 2.17. The maximum absolute atomic E-state index is 13.0. The van der Waals surface area contributed by atoms with E-state index in [1.165, 1.54) is 11.0 Å². The highest BCUT2D eigenvalue weighted by Crippen LogP contribution is 2.29. The van der Waals surface area contributed by atoms with Gasteiger partial charge in [0.05, 0.1) is 11.1 Å². The number of nitrogens with zero attached hydrogens (tertiary/aromatic N) is 2. The second kappa shape index (κ2) is 10.7. The Kier molecular flexibility index (Phi) is 7.92. The average molecular weight is 484 g/mol. The molecule has 0 bridgehead atoms. The van der Waals surface area contributed by atoms with Crippen LogP contribution >= 0.6 is 0 Å². The highest BCUT2D eigenvalue weighted by atomic mass is 16.6. The number of amides is 5. The van der Waals surface area contributed by atoms with Gasteiger partial charge in [0.15, 0.2) is 0 Å². The highest BCUT2D eigenvalue weighted by Gasteiger charge is 2.45. The van der Waals surface area contributed by atoms with Gasteiger partial charge in [-0.2, -0.15) is 0 Å². The predicted molar refractivity (Wildman–Crippen MR) is 124 cm³/mol.